The molecule has 0 heterocycles. The molecule has 0 rings (SSSR count). The quantitative estimate of drug-likeness (QED) is 0.0774. The van der Waals surface area contributed by atoms with Crippen LogP contribution in [-0.4, -0.2) is 33.6 Å². The Balaban J connectivity index is -0.000000969. The smallest absolute Gasteiger partial charge is 0.303 e. The van der Waals surface area contributed by atoms with Crippen molar-refractivity contribution in [1.82, 2.24) is 0 Å². The van der Waals surface area contributed by atoms with Crippen molar-refractivity contribution in [3.05, 3.63) is 0 Å². The Kier molecular flexibility index (Phi) is 33.3. The van der Waals surface area contributed by atoms with Gasteiger partial charge in [-0.05, 0) is 19.3 Å². The molecule has 0 atom stereocenters. The summed E-state index contributed by atoms with van der Waals surface area (Å²) in [6.45, 7) is 7.62. The van der Waals surface area contributed by atoms with E-state index in [4.69, 9.17) is 21.7 Å². The number of hydrogen-bond donors (Lipinski definition) is 4. The Bertz CT molecular complexity index is 510. The predicted octanol–water partition coefficient (Wildman–Crippen LogP) is 7.97. The summed E-state index contributed by atoms with van der Waals surface area (Å²) in [5.41, 5.74) is 10.9. The van der Waals surface area contributed by atoms with Gasteiger partial charge in [0.25, 0.3) is 0 Å². The third kappa shape index (κ3) is 36.8. The first-order valence-electron chi connectivity index (χ1n) is 15.1. The molecule has 0 aromatic rings. The zero-order valence-corrected chi connectivity index (χ0v) is 24.8. The van der Waals surface area contributed by atoms with Crippen LogP contribution in [0.2, 0.25) is 0 Å². The van der Waals surface area contributed by atoms with Crippen molar-refractivity contribution >= 4 is 17.7 Å². The van der Waals surface area contributed by atoms with E-state index in [9.17, 15) is 14.4 Å². The summed E-state index contributed by atoms with van der Waals surface area (Å²) < 4.78 is 0. The zero-order valence-electron chi connectivity index (χ0n) is 24.8. The fourth-order valence-electron chi connectivity index (χ4n) is 3.70. The molecule has 6 N–H and O–H groups in total. The maximum absolute atomic E-state index is 12.1. The summed E-state index contributed by atoms with van der Waals surface area (Å²) in [6.07, 6.45) is 24.9. The van der Waals surface area contributed by atoms with Crippen LogP contribution in [0.25, 0.3) is 0 Å². The number of Topliss-reactive ketones (excluding diaryl/α,β-unsaturated/α-hetero) is 1. The summed E-state index contributed by atoms with van der Waals surface area (Å²) in [6, 6.07) is 0. The normalized spacial score (nSPS) is 10.6. The van der Waals surface area contributed by atoms with E-state index in [2.05, 4.69) is 13.8 Å². The fraction of sp³-hybridized carbons (Fsp3) is 0.900. The molecule has 0 bridgehead atoms. The highest BCUT2D eigenvalue weighted by Gasteiger charge is 2.27. The van der Waals surface area contributed by atoms with Crippen molar-refractivity contribution in [1.29, 1.82) is 0 Å². The third-order valence-electron chi connectivity index (χ3n) is 6.33. The Hall–Kier alpha value is -1.47. The van der Waals surface area contributed by atoms with Gasteiger partial charge in [-0.25, -0.2) is 0 Å². The second kappa shape index (κ2) is 30.8. The van der Waals surface area contributed by atoms with Crippen molar-refractivity contribution in [2.45, 2.75) is 175 Å². The van der Waals surface area contributed by atoms with Gasteiger partial charge >= 0.3 is 11.9 Å². The van der Waals surface area contributed by atoms with Gasteiger partial charge in [-0.1, -0.05) is 130 Å². The first-order chi connectivity index (χ1) is 17.6. The molecule has 37 heavy (non-hydrogen) atoms. The van der Waals surface area contributed by atoms with E-state index in [1.165, 1.54) is 83.5 Å². The largest absolute Gasteiger partial charge is 0.481 e. The number of unbranched alkanes of at least 4 members (excludes halogenated alkanes) is 16. The molecule has 0 saturated heterocycles. The number of carboxylic acid groups (broad SMARTS) is 2. The summed E-state index contributed by atoms with van der Waals surface area (Å²) in [7, 11) is 0. The molecule has 7 nitrogen and oxygen atoms in total. The average Bonchev–Trinajstić information content (AvgIpc) is 2.86. The highest BCUT2D eigenvalue weighted by molar-refractivity contribution is 5.87. The van der Waals surface area contributed by atoms with Crippen LogP contribution in [0.5, 0.6) is 0 Å². The molecule has 0 saturated carbocycles. The number of rotatable bonds is 23. The van der Waals surface area contributed by atoms with Crippen LogP contribution < -0.4 is 11.5 Å². The van der Waals surface area contributed by atoms with Gasteiger partial charge in [-0.2, -0.15) is 0 Å². The monoisotopic (exact) mass is 530 g/mol. The number of nitrogens with two attached hydrogens (primary N) is 2. The van der Waals surface area contributed by atoms with E-state index in [0.717, 1.165) is 32.1 Å². The molecule has 0 aromatic carbocycles. The van der Waals surface area contributed by atoms with Crippen LogP contribution in [0.1, 0.15) is 169 Å². The molecule has 0 aliphatic heterocycles. The van der Waals surface area contributed by atoms with Crippen LogP contribution in [-0.2, 0) is 14.4 Å². The van der Waals surface area contributed by atoms with E-state index in [0.29, 0.717) is 12.8 Å². The Morgan fingerprint density at radius 3 is 1.08 bits per heavy atom. The SMILES string of the molecule is CCC(=O)O.CCC(=O)O.CCCCCCCCCCCCCCCCCC(=O)C(N)(N)CCCCC. The van der Waals surface area contributed by atoms with Gasteiger partial charge in [-0.15, -0.1) is 0 Å². The Morgan fingerprint density at radius 2 is 0.784 bits per heavy atom. The lowest BCUT2D eigenvalue weighted by Crippen LogP contribution is -2.56. The van der Waals surface area contributed by atoms with E-state index >= 15 is 0 Å². The number of ketones is 1. The third-order valence-corrected chi connectivity index (χ3v) is 6.33. The number of aliphatic carboxylic acids is 2. The van der Waals surface area contributed by atoms with Gasteiger partial charge in [-0.3, -0.25) is 14.4 Å². The number of carbonyl (C=O) groups is 3. The van der Waals surface area contributed by atoms with Crippen molar-refractivity contribution in [2.75, 3.05) is 0 Å². The van der Waals surface area contributed by atoms with Crippen molar-refractivity contribution in [2.24, 2.45) is 11.5 Å². The Morgan fingerprint density at radius 1 is 0.514 bits per heavy atom. The maximum Gasteiger partial charge on any atom is 0.303 e. The number of carbonyl (C=O) groups excluding carboxylic acids is 1. The molecular weight excluding hydrogens is 468 g/mol. The van der Waals surface area contributed by atoms with Crippen LogP contribution in [0.4, 0.5) is 0 Å². The number of carboxylic acids is 2. The average molecular weight is 531 g/mol. The lowest BCUT2D eigenvalue weighted by molar-refractivity contribution is -0.137. The predicted molar refractivity (Wildman–Crippen MR) is 156 cm³/mol. The van der Waals surface area contributed by atoms with Crippen molar-refractivity contribution < 1.29 is 24.6 Å². The molecule has 0 amide bonds. The van der Waals surface area contributed by atoms with Crippen LogP contribution in [0, 0.1) is 0 Å². The topological polar surface area (TPSA) is 144 Å². The van der Waals surface area contributed by atoms with Crippen LogP contribution in [0.3, 0.4) is 0 Å². The van der Waals surface area contributed by atoms with Gasteiger partial charge in [0.1, 0.15) is 5.66 Å². The van der Waals surface area contributed by atoms with E-state index in [-0.39, 0.29) is 18.6 Å². The van der Waals surface area contributed by atoms with Gasteiger partial charge in [0, 0.05) is 19.3 Å². The summed E-state index contributed by atoms with van der Waals surface area (Å²) in [5, 5.41) is 15.4. The second-order valence-electron chi connectivity index (χ2n) is 10.1. The van der Waals surface area contributed by atoms with E-state index in [1.807, 2.05) is 0 Å². The first kappa shape index (κ1) is 40.0. The molecule has 0 aromatic heterocycles. The molecule has 0 fully saturated rings. The minimum Gasteiger partial charge on any atom is -0.481 e. The molecule has 0 radical (unpaired) electrons. The summed E-state index contributed by atoms with van der Waals surface area (Å²) in [5.74, 6) is -1.44. The van der Waals surface area contributed by atoms with E-state index < -0.39 is 17.6 Å². The van der Waals surface area contributed by atoms with Gasteiger partial charge in [0.05, 0.1) is 0 Å². The molecule has 222 valence electrons. The highest BCUT2D eigenvalue weighted by atomic mass is 16.4. The van der Waals surface area contributed by atoms with Crippen molar-refractivity contribution in [3.63, 3.8) is 0 Å². The molecule has 7 heteroatoms. The second-order valence-corrected chi connectivity index (χ2v) is 10.1. The zero-order chi connectivity index (χ0) is 28.8. The Labute approximate surface area is 228 Å². The fourth-order valence-corrected chi connectivity index (χ4v) is 3.70. The standard InChI is InChI=1S/C24H50N2O.2C3H6O2/c1-3-5-7-8-9-10-11-12-13-14-15-16-17-18-19-21-23(27)24(25,26)22-20-6-4-2;2*1-2-3(4)5/h3-22,25-26H2,1-2H3;2*2H2,1H3,(H,4,5). The first-order valence-corrected chi connectivity index (χ1v) is 15.1. The lowest BCUT2D eigenvalue weighted by atomic mass is 9.95. The van der Waals surface area contributed by atoms with Crippen LogP contribution >= 0.6 is 0 Å². The molecular formula is C30H62N2O5. The van der Waals surface area contributed by atoms with Gasteiger partial charge < -0.3 is 21.7 Å². The molecule has 0 unspecified atom stereocenters. The molecule has 0 aliphatic rings. The van der Waals surface area contributed by atoms with Gasteiger partial charge in [0.15, 0.2) is 5.78 Å². The van der Waals surface area contributed by atoms with Crippen molar-refractivity contribution in [3.8, 4) is 0 Å². The minimum absolute atomic E-state index is 0.0493. The van der Waals surface area contributed by atoms with Gasteiger partial charge in [0.2, 0.25) is 0 Å². The summed E-state index contributed by atoms with van der Waals surface area (Å²) in [4.78, 5) is 30.9. The summed E-state index contributed by atoms with van der Waals surface area (Å²) >= 11 is 0. The lowest BCUT2D eigenvalue weighted by Gasteiger charge is -2.22. The maximum atomic E-state index is 12.1. The van der Waals surface area contributed by atoms with E-state index in [1.54, 1.807) is 13.8 Å². The molecule has 0 spiro atoms. The highest BCUT2D eigenvalue weighted by Crippen LogP contribution is 2.15. The molecule has 0 aliphatic carbocycles. The van der Waals surface area contributed by atoms with Crippen LogP contribution in [0.15, 0.2) is 0 Å². The number of hydrogen-bond acceptors (Lipinski definition) is 5. The minimum atomic E-state index is -1.09.